The monoisotopic (exact) mass is 424 g/mol. The van der Waals surface area contributed by atoms with Crippen molar-refractivity contribution in [2.45, 2.75) is 19.4 Å². The van der Waals surface area contributed by atoms with E-state index in [2.05, 4.69) is 27.2 Å². The third-order valence-corrected chi connectivity index (χ3v) is 5.41. The van der Waals surface area contributed by atoms with Crippen molar-refractivity contribution in [1.29, 1.82) is 0 Å². The quantitative estimate of drug-likeness (QED) is 0.580. The van der Waals surface area contributed by atoms with Crippen molar-refractivity contribution in [2.75, 3.05) is 33.3 Å². The molecule has 1 aromatic heterocycles. The lowest BCUT2D eigenvalue weighted by molar-refractivity contribution is -0.133. The van der Waals surface area contributed by atoms with E-state index in [1.54, 1.807) is 19.2 Å². The fourth-order valence-corrected chi connectivity index (χ4v) is 3.59. The first kappa shape index (κ1) is 21.0. The summed E-state index contributed by atoms with van der Waals surface area (Å²) in [6.07, 6.45) is 0.711. The number of ether oxygens (including phenoxy) is 1. The fourth-order valence-electron chi connectivity index (χ4n) is 3.59. The summed E-state index contributed by atoms with van der Waals surface area (Å²) in [5.41, 5.74) is 1.91. The maximum atomic E-state index is 13.0. The fraction of sp³-hybridized carbons (Fsp3) is 0.348. The van der Waals surface area contributed by atoms with Crippen molar-refractivity contribution >= 4 is 5.91 Å². The van der Waals surface area contributed by atoms with Gasteiger partial charge in [0, 0.05) is 51.1 Å². The average Bonchev–Trinajstić information content (AvgIpc) is 3.28. The smallest absolute Gasteiger partial charge is 0.227 e. The molecule has 4 rings (SSSR count). The van der Waals surface area contributed by atoms with E-state index in [1.165, 1.54) is 17.7 Å². The number of carbonyl (C=O) groups excluding carboxylic acids is 1. The molecule has 0 bridgehead atoms. The molecule has 2 aromatic carbocycles. The van der Waals surface area contributed by atoms with Crippen LogP contribution in [0.15, 0.2) is 53.1 Å². The molecule has 31 heavy (non-hydrogen) atoms. The number of hydrogen-bond acceptors (Lipinski definition) is 6. The number of piperazine rings is 1. The molecule has 1 aliphatic rings. The van der Waals surface area contributed by atoms with E-state index in [-0.39, 0.29) is 11.7 Å². The Morgan fingerprint density at radius 3 is 2.45 bits per heavy atom. The second-order valence-electron chi connectivity index (χ2n) is 7.52. The summed E-state index contributed by atoms with van der Waals surface area (Å²) in [7, 11) is 1.66. The Kier molecular flexibility index (Phi) is 6.57. The van der Waals surface area contributed by atoms with Gasteiger partial charge in [0.15, 0.2) is 0 Å². The van der Waals surface area contributed by atoms with Gasteiger partial charge in [0.1, 0.15) is 11.6 Å². The molecule has 0 radical (unpaired) electrons. The highest BCUT2D eigenvalue weighted by Crippen LogP contribution is 2.17. The Hall–Kier alpha value is -3.26. The molecule has 7 nitrogen and oxygen atoms in total. The van der Waals surface area contributed by atoms with Crippen LogP contribution in [0.2, 0.25) is 0 Å². The Morgan fingerprint density at radius 2 is 1.77 bits per heavy atom. The summed E-state index contributed by atoms with van der Waals surface area (Å²) >= 11 is 0. The normalized spacial score (nSPS) is 14.6. The first-order chi connectivity index (χ1) is 15.1. The third-order valence-electron chi connectivity index (χ3n) is 5.41. The molecular formula is C23H25FN4O3. The third kappa shape index (κ3) is 5.46. The number of halogens is 1. The van der Waals surface area contributed by atoms with Gasteiger partial charge in [-0.05, 0) is 42.0 Å². The Morgan fingerprint density at radius 1 is 1.06 bits per heavy atom. The zero-order valence-corrected chi connectivity index (χ0v) is 17.5. The molecule has 1 aliphatic heterocycles. The van der Waals surface area contributed by atoms with Crippen molar-refractivity contribution in [3.05, 3.63) is 65.8 Å². The second-order valence-corrected chi connectivity index (χ2v) is 7.52. The van der Waals surface area contributed by atoms with Crippen LogP contribution in [0.4, 0.5) is 4.39 Å². The van der Waals surface area contributed by atoms with Crippen molar-refractivity contribution in [2.24, 2.45) is 0 Å². The minimum absolute atomic E-state index is 0.0885. The number of aryl methyl sites for hydroxylation is 1. The van der Waals surface area contributed by atoms with Crippen molar-refractivity contribution in [3.8, 4) is 17.1 Å². The zero-order valence-electron chi connectivity index (χ0n) is 17.5. The Bertz CT molecular complexity index is 996. The van der Waals surface area contributed by atoms with Gasteiger partial charge in [0.2, 0.25) is 17.6 Å². The minimum Gasteiger partial charge on any atom is -0.497 e. The van der Waals surface area contributed by atoms with E-state index in [1.807, 2.05) is 17.0 Å². The number of aromatic nitrogens is 2. The van der Waals surface area contributed by atoms with E-state index >= 15 is 0 Å². The van der Waals surface area contributed by atoms with E-state index in [4.69, 9.17) is 9.26 Å². The zero-order chi connectivity index (χ0) is 21.6. The molecule has 0 N–H and O–H groups in total. The average molecular weight is 424 g/mol. The van der Waals surface area contributed by atoms with Gasteiger partial charge in [0.25, 0.3) is 0 Å². The van der Waals surface area contributed by atoms with Crippen molar-refractivity contribution in [1.82, 2.24) is 19.9 Å². The molecule has 3 aromatic rings. The van der Waals surface area contributed by atoms with Crippen LogP contribution in [0, 0.1) is 5.82 Å². The highest BCUT2D eigenvalue weighted by atomic mass is 19.1. The van der Waals surface area contributed by atoms with Crippen LogP contribution < -0.4 is 4.74 Å². The highest BCUT2D eigenvalue weighted by Gasteiger charge is 2.21. The number of amides is 1. The van der Waals surface area contributed by atoms with Crippen LogP contribution >= 0.6 is 0 Å². The van der Waals surface area contributed by atoms with Crippen LogP contribution in [-0.4, -0.2) is 59.1 Å². The summed E-state index contributed by atoms with van der Waals surface area (Å²) in [5, 5.41) is 3.92. The van der Waals surface area contributed by atoms with E-state index < -0.39 is 0 Å². The summed E-state index contributed by atoms with van der Waals surface area (Å²) in [5.74, 6) is 1.43. The molecule has 0 unspecified atom stereocenters. The highest BCUT2D eigenvalue weighted by molar-refractivity contribution is 5.76. The predicted octanol–water partition coefficient (Wildman–Crippen LogP) is 3.16. The van der Waals surface area contributed by atoms with Gasteiger partial charge in [-0.15, -0.1) is 0 Å². The molecule has 0 spiro atoms. The molecular weight excluding hydrogens is 399 g/mol. The Labute approximate surface area is 180 Å². The van der Waals surface area contributed by atoms with Crippen molar-refractivity contribution < 1.29 is 18.4 Å². The van der Waals surface area contributed by atoms with Gasteiger partial charge in [-0.3, -0.25) is 9.69 Å². The SMILES string of the molecule is COc1ccc(CN2CCN(C(=O)CCc3nc(-c4ccc(F)cc4)no3)CC2)cc1. The van der Waals surface area contributed by atoms with Crippen LogP contribution in [0.5, 0.6) is 5.75 Å². The maximum Gasteiger partial charge on any atom is 0.227 e. The molecule has 0 saturated carbocycles. The van der Waals surface area contributed by atoms with Gasteiger partial charge < -0.3 is 14.2 Å². The van der Waals surface area contributed by atoms with E-state index in [0.29, 0.717) is 43.2 Å². The molecule has 162 valence electrons. The standard InChI is InChI=1S/C23H25FN4O3/c1-30-20-8-2-17(3-9-20)16-27-12-14-28(15-13-27)22(29)11-10-21-25-23(26-31-21)18-4-6-19(24)7-5-18/h2-9H,10-16H2,1H3. The van der Waals surface area contributed by atoms with E-state index in [0.717, 1.165) is 25.4 Å². The topological polar surface area (TPSA) is 71.7 Å². The van der Waals surface area contributed by atoms with Crippen LogP contribution in [0.3, 0.4) is 0 Å². The van der Waals surface area contributed by atoms with Gasteiger partial charge in [0.05, 0.1) is 7.11 Å². The summed E-state index contributed by atoms with van der Waals surface area (Å²) in [4.78, 5) is 21.1. The lowest BCUT2D eigenvalue weighted by Crippen LogP contribution is -2.48. The largest absolute Gasteiger partial charge is 0.497 e. The second kappa shape index (κ2) is 9.70. The number of nitrogens with zero attached hydrogens (tertiary/aromatic N) is 4. The van der Waals surface area contributed by atoms with Gasteiger partial charge in [-0.1, -0.05) is 17.3 Å². The lowest BCUT2D eigenvalue weighted by atomic mass is 10.2. The minimum atomic E-state index is -0.317. The molecule has 0 aliphatic carbocycles. The van der Waals surface area contributed by atoms with Gasteiger partial charge in [-0.25, -0.2) is 4.39 Å². The van der Waals surface area contributed by atoms with Crippen LogP contribution in [0.25, 0.3) is 11.4 Å². The first-order valence-corrected chi connectivity index (χ1v) is 10.3. The molecule has 2 heterocycles. The molecule has 1 saturated heterocycles. The number of rotatable bonds is 7. The summed E-state index contributed by atoms with van der Waals surface area (Å²) in [6, 6.07) is 14.0. The predicted molar refractivity (Wildman–Crippen MR) is 113 cm³/mol. The summed E-state index contributed by atoms with van der Waals surface area (Å²) < 4.78 is 23.5. The molecule has 8 heteroatoms. The Balaban J connectivity index is 1.22. The maximum absolute atomic E-state index is 13.0. The molecule has 1 amide bonds. The molecule has 0 atom stereocenters. The number of methoxy groups -OCH3 is 1. The van der Waals surface area contributed by atoms with Crippen molar-refractivity contribution in [3.63, 3.8) is 0 Å². The number of carbonyl (C=O) groups is 1. The molecule has 1 fully saturated rings. The van der Waals surface area contributed by atoms with E-state index in [9.17, 15) is 9.18 Å². The number of benzene rings is 2. The van der Waals surface area contributed by atoms with Crippen LogP contribution in [-0.2, 0) is 17.8 Å². The first-order valence-electron chi connectivity index (χ1n) is 10.3. The lowest BCUT2D eigenvalue weighted by Gasteiger charge is -2.34. The van der Waals surface area contributed by atoms with Gasteiger partial charge in [-0.2, -0.15) is 4.98 Å². The van der Waals surface area contributed by atoms with Gasteiger partial charge >= 0.3 is 0 Å². The number of hydrogen-bond donors (Lipinski definition) is 0. The summed E-state index contributed by atoms with van der Waals surface area (Å²) in [6.45, 7) is 3.96. The van der Waals surface area contributed by atoms with Crippen LogP contribution in [0.1, 0.15) is 17.9 Å².